The Bertz CT molecular complexity index is 704. The second-order valence-electron chi connectivity index (χ2n) is 7.06. The first kappa shape index (κ1) is 21.8. The number of carbonyl (C=O) groups is 2. The zero-order chi connectivity index (χ0) is 19.4. The maximum absolute atomic E-state index is 12.1. The number of piperidine rings is 1. The molecule has 0 spiro atoms. The third-order valence-electron chi connectivity index (χ3n) is 5.54. The number of hydrogen-bond donors (Lipinski definition) is 3. The molecular formula is C19H28ClN5O3. The average molecular weight is 410 g/mol. The fourth-order valence-electron chi connectivity index (χ4n) is 3.95. The molecule has 2 aliphatic heterocycles. The second-order valence-corrected chi connectivity index (χ2v) is 7.06. The molecule has 1 aromatic rings. The van der Waals surface area contributed by atoms with Crippen LogP contribution in [0.2, 0.25) is 0 Å². The molecule has 2 amide bonds. The van der Waals surface area contributed by atoms with Crippen molar-refractivity contribution in [1.29, 1.82) is 5.41 Å². The van der Waals surface area contributed by atoms with Crippen molar-refractivity contribution in [3.05, 3.63) is 29.8 Å². The van der Waals surface area contributed by atoms with E-state index in [2.05, 4.69) is 15.0 Å². The van der Waals surface area contributed by atoms with Crippen molar-refractivity contribution in [3.63, 3.8) is 0 Å². The van der Waals surface area contributed by atoms with E-state index in [-0.39, 0.29) is 42.7 Å². The quantitative estimate of drug-likeness (QED) is 0.375. The molecule has 0 aromatic heterocycles. The van der Waals surface area contributed by atoms with Gasteiger partial charge in [0.2, 0.25) is 0 Å². The molecule has 2 aliphatic rings. The minimum Gasteiger partial charge on any atom is -0.469 e. The Balaban J connectivity index is 0.00000280. The van der Waals surface area contributed by atoms with Crippen LogP contribution in [0.4, 0.5) is 10.5 Å². The van der Waals surface area contributed by atoms with Gasteiger partial charge in [-0.05, 0) is 43.0 Å². The van der Waals surface area contributed by atoms with E-state index < -0.39 is 0 Å². The highest BCUT2D eigenvalue weighted by Gasteiger charge is 2.37. The summed E-state index contributed by atoms with van der Waals surface area (Å²) < 4.78 is 4.69. The van der Waals surface area contributed by atoms with E-state index in [1.165, 1.54) is 7.11 Å². The van der Waals surface area contributed by atoms with Crippen molar-refractivity contribution in [2.75, 3.05) is 38.2 Å². The van der Waals surface area contributed by atoms with Crippen LogP contribution in [-0.4, -0.2) is 62.1 Å². The zero-order valence-electron chi connectivity index (χ0n) is 16.0. The maximum atomic E-state index is 12.1. The first-order chi connectivity index (χ1) is 13.0. The molecule has 28 heavy (non-hydrogen) atoms. The Morgan fingerprint density at radius 1 is 1.29 bits per heavy atom. The first-order valence-electron chi connectivity index (χ1n) is 9.30. The van der Waals surface area contributed by atoms with Gasteiger partial charge in [-0.25, -0.2) is 4.79 Å². The van der Waals surface area contributed by atoms with Gasteiger partial charge in [0.05, 0.1) is 19.6 Å². The van der Waals surface area contributed by atoms with Gasteiger partial charge >= 0.3 is 12.0 Å². The molecule has 2 heterocycles. The third-order valence-corrected chi connectivity index (χ3v) is 5.54. The summed E-state index contributed by atoms with van der Waals surface area (Å²) in [5.74, 6) is 0.192. The largest absolute Gasteiger partial charge is 0.469 e. The molecule has 0 bridgehead atoms. The van der Waals surface area contributed by atoms with Crippen LogP contribution >= 0.6 is 12.4 Å². The van der Waals surface area contributed by atoms with E-state index in [0.717, 1.165) is 37.2 Å². The van der Waals surface area contributed by atoms with Crippen molar-refractivity contribution in [1.82, 2.24) is 10.2 Å². The van der Waals surface area contributed by atoms with Crippen molar-refractivity contribution in [2.24, 2.45) is 11.7 Å². The van der Waals surface area contributed by atoms with Gasteiger partial charge in [-0.2, -0.15) is 0 Å². The van der Waals surface area contributed by atoms with Crippen LogP contribution < -0.4 is 16.0 Å². The maximum Gasteiger partial charge on any atom is 0.317 e. The van der Waals surface area contributed by atoms with E-state index in [9.17, 15) is 9.59 Å². The lowest BCUT2D eigenvalue weighted by Crippen LogP contribution is -2.45. The Hall–Kier alpha value is -2.48. The summed E-state index contributed by atoms with van der Waals surface area (Å²) in [7, 11) is 1.36. The lowest BCUT2D eigenvalue weighted by atomic mass is 9.88. The number of amides is 2. The van der Waals surface area contributed by atoms with Crippen LogP contribution in [0.25, 0.3) is 0 Å². The number of nitrogens with two attached hydrogens (primary N) is 1. The number of hydrogen-bond acceptors (Lipinski definition) is 5. The van der Waals surface area contributed by atoms with Crippen LogP contribution in [0.3, 0.4) is 0 Å². The molecule has 0 radical (unpaired) electrons. The van der Waals surface area contributed by atoms with E-state index in [1.54, 1.807) is 4.90 Å². The molecule has 8 nitrogen and oxygen atoms in total. The minimum atomic E-state index is -0.294. The average Bonchev–Trinajstić information content (AvgIpc) is 3.06. The van der Waals surface area contributed by atoms with E-state index in [4.69, 9.17) is 11.1 Å². The molecule has 4 N–H and O–H groups in total. The number of nitrogen functional groups attached to an aromatic ring is 1. The minimum absolute atomic E-state index is 0. The summed E-state index contributed by atoms with van der Waals surface area (Å²) in [5.41, 5.74) is 7.36. The monoisotopic (exact) mass is 409 g/mol. The molecule has 1 atom stereocenters. The predicted molar refractivity (Wildman–Crippen MR) is 110 cm³/mol. The molecule has 1 unspecified atom stereocenters. The Morgan fingerprint density at radius 3 is 2.50 bits per heavy atom. The molecule has 1 aromatic carbocycles. The number of carbonyl (C=O) groups excluding carboxylic acids is 2. The number of benzene rings is 1. The van der Waals surface area contributed by atoms with Crippen molar-refractivity contribution in [3.8, 4) is 0 Å². The molecule has 154 valence electrons. The number of anilines is 1. The Labute approximate surface area is 171 Å². The summed E-state index contributed by atoms with van der Waals surface area (Å²) >= 11 is 0. The second kappa shape index (κ2) is 9.64. The van der Waals surface area contributed by atoms with E-state index in [0.29, 0.717) is 19.0 Å². The normalized spacial score (nSPS) is 19.8. The number of methoxy groups -OCH3 is 1. The molecular weight excluding hydrogens is 382 g/mol. The lowest BCUT2D eigenvalue weighted by molar-refractivity contribution is -0.140. The van der Waals surface area contributed by atoms with Crippen molar-refractivity contribution >= 4 is 35.9 Å². The van der Waals surface area contributed by atoms with Gasteiger partial charge in [-0.1, -0.05) is 0 Å². The number of urea groups is 1. The van der Waals surface area contributed by atoms with Gasteiger partial charge in [-0.15, -0.1) is 12.4 Å². The number of rotatable bonds is 6. The highest BCUT2D eigenvalue weighted by molar-refractivity contribution is 5.95. The van der Waals surface area contributed by atoms with Gasteiger partial charge in [0.15, 0.2) is 0 Å². The van der Waals surface area contributed by atoms with Crippen molar-refractivity contribution < 1.29 is 14.3 Å². The lowest BCUT2D eigenvalue weighted by Gasteiger charge is -2.38. The third kappa shape index (κ3) is 4.86. The molecule has 9 heteroatoms. The predicted octanol–water partition coefficient (Wildman–Crippen LogP) is 1.57. The summed E-state index contributed by atoms with van der Waals surface area (Å²) in [6.45, 7) is 2.87. The zero-order valence-corrected chi connectivity index (χ0v) is 16.8. The summed E-state index contributed by atoms with van der Waals surface area (Å²) in [6, 6.07) is 7.78. The van der Waals surface area contributed by atoms with Crippen LogP contribution in [0, 0.1) is 11.3 Å². The summed E-state index contributed by atoms with van der Waals surface area (Å²) in [6.07, 6.45) is 2.20. The van der Waals surface area contributed by atoms with Gasteiger partial charge in [-0.3, -0.25) is 10.2 Å². The molecule has 2 saturated heterocycles. The number of amidine groups is 1. The number of ether oxygens (including phenoxy) is 1. The smallest absolute Gasteiger partial charge is 0.317 e. The van der Waals surface area contributed by atoms with Gasteiger partial charge in [0.25, 0.3) is 0 Å². The first-order valence-corrected chi connectivity index (χ1v) is 9.30. The van der Waals surface area contributed by atoms with Crippen LogP contribution in [-0.2, 0) is 9.53 Å². The molecule has 0 saturated carbocycles. The highest BCUT2D eigenvalue weighted by Crippen LogP contribution is 2.29. The Kier molecular flexibility index (Phi) is 7.51. The molecule has 0 aliphatic carbocycles. The summed E-state index contributed by atoms with van der Waals surface area (Å²) in [4.78, 5) is 27.7. The van der Waals surface area contributed by atoms with E-state index >= 15 is 0 Å². The van der Waals surface area contributed by atoms with Crippen molar-refractivity contribution in [2.45, 2.75) is 25.3 Å². The number of halogens is 1. The highest BCUT2D eigenvalue weighted by atomic mass is 35.5. The fraction of sp³-hybridized carbons (Fsp3) is 0.526. The van der Waals surface area contributed by atoms with Crippen LogP contribution in [0.1, 0.15) is 24.8 Å². The SMILES string of the molecule is COC(=O)CCN1C(=O)NCC1C1CCN(c2ccc(C(=N)N)cc2)CC1.Cl. The molecule has 3 rings (SSSR count). The van der Waals surface area contributed by atoms with Gasteiger partial charge in [0, 0.05) is 37.4 Å². The van der Waals surface area contributed by atoms with E-state index in [1.807, 2.05) is 24.3 Å². The number of esters is 1. The van der Waals surface area contributed by atoms with Gasteiger partial charge < -0.3 is 25.6 Å². The fourth-order valence-corrected chi connectivity index (χ4v) is 3.95. The molecule has 2 fully saturated rings. The standard InChI is InChI=1S/C19H27N5O3.ClH/c1-27-17(25)8-11-24-16(12-22-19(24)26)13-6-9-23(10-7-13)15-4-2-14(3-5-15)18(20)21;/h2-5,13,16H,6-12H2,1H3,(H3,20,21)(H,22,26);1H. The van der Waals surface area contributed by atoms with Crippen LogP contribution in [0.15, 0.2) is 24.3 Å². The summed E-state index contributed by atoms with van der Waals surface area (Å²) in [5, 5.41) is 10.4. The Morgan fingerprint density at radius 2 is 1.93 bits per heavy atom. The van der Waals surface area contributed by atoms with Crippen LogP contribution in [0.5, 0.6) is 0 Å². The number of nitrogens with one attached hydrogen (secondary N) is 2. The number of nitrogens with zero attached hydrogens (tertiary/aromatic N) is 2. The topological polar surface area (TPSA) is 112 Å². The van der Waals surface area contributed by atoms with Gasteiger partial charge in [0.1, 0.15) is 5.84 Å².